The summed E-state index contributed by atoms with van der Waals surface area (Å²) in [5.74, 6) is 1.83. The minimum Gasteiger partial charge on any atom is -0.298 e. The van der Waals surface area contributed by atoms with Crippen molar-refractivity contribution < 1.29 is 0 Å². The number of fused-ring (bicyclic) bond motifs is 1. The maximum Gasteiger partial charge on any atom is 0.0213 e. The summed E-state index contributed by atoms with van der Waals surface area (Å²) in [6.07, 6.45) is 21.2. The Labute approximate surface area is 756 Å². The van der Waals surface area contributed by atoms with Gasteiger partial charge in [-0.15, -0.1) is 0 Å². The van der Waals surface area contributed by atoms with Crippen LogP contribution in [0.5, 0.6) is 0 Å². The number of piperidine rings is 7. The van der Waals surface area contributed by atoms with Crippen molar-refractivity contribution >= 4 is 0 Å². The van der Waals surface area contributed by atoms with Gasteiger partial charge in [-0.05, 0) is 506 Å². The highest BCUT2D eigenvalue weighted by Gasteiger charge is 2.57. The molecular formula is C107H214N14. The van der Waals surface area contributed by atoms with Gasteiger partial charge in [0, 0.05) is 187 Å². The van der Waals surface area contributed by atoms with Crippen molar-refractivity contribution in [3.8, 4) is 0 Å². The van der Waals surface area contributed by atoms with Crippen LogP contribution in [0.15, 0.2) is 0 Å². The van der Waals surface area contributed by atoms with Crippen LogP contribution in [0.2, 0.25) is 0 Å². The van der Waals surface area contributed by atoms with Crippen molar-refractivity contribution in [3.05, 3.63) is 0 Å². The Balaban J connectivity index is 0.000000176. The number of nitrogens with zero attached hydrogens (tertiary/aromatic N) is 14. The number of rotatable bonds is 0. The number of hydrogen-bond acceptors (Lipinski definition) is 14. The third-order valence-electron chi connectivity index (χ3n) is 33.9. The first-order valence-electron chi connectivity index (χ1n) is 50.9. The lowest BCUT2D eigenvalue weighted by atomic mass is 9.69. The molecule has 0 bridgehead atoms. The van der Waals surface area contributed by atoms with E-state index < -0.39 is 0 Å². The predicted octanol–water partition coefficient (Wildman–Crippen LogP) is 21.5. The predicted molar refractivity (Wildman–Crippen MR) is 529 cm³/mol. The Morgan fingerprint density at radius 2 is 0.281 bits per heavy atom. The van der Waals surface area contributed by atoms with Gasteiger partial charge in [0.15, 0.2) is 0 Å². The van der Waals surface area contributed by atoms with Crippen molar-refractivity contribution in [2.45, 2.75) is 465 Å². The molecular weight excluding hydrogens is 1480 g/mol. The monoisotopic (exact) mass is 1700 g/mol. The molecule has 0 aliphatic carbocycles. The second kappa shape index (κ2) is 37.8. The summed E-state index contributed by atoms with van der Waals surface area (Å²) in [5, 5.41) is 0. The maximum absolute atomic E-state index is 2.73. The largest absolute Gasteiger partial charge is 0.298 e. The first-order chi connectivity index (χ1) is 54.4. The molecule has 14 fully saturated rings. The van der Waals surface area contributed by atoms with Gasteiger partial charge in [-0.3, -0.25) is 68.6 Å². The third-order valence-corrected chi connectivity index (χ3v) is 33.9. The molecule has 0 aromatic heterocycles. The zero-order valence-corrected chi connectivity index (χ0v) is 89.8. The summed E-state index contributed by atoms with van der Waals surface area (Å²) in [6.45, 7) is 135. The van der Waals surface area contributed by atoms with E-state index in [1.165, 1.54) is 280 Å². The van der Waals surface area contributed by atoms with Gasteiger partial charge < -0.3 is 0 Å². The van der Waals surface area contributed by atoms with Crippen LogP contribution in [0.1, 0.15) is 387 Å². The average molecular weight is 1700 g/mol. The molecule has 712 valence electrons. The molecule has 121 heavy (non-hydrogen) atoms. The minimum atomic E-state index is 0.342. The summed E-state index contributed by atoms with van der Waals surface area (Å²) in [5.41, 5.74) is 8.83. The van der Waals surface area contributed by atoms with Crippen molar-refractivity contribution in [1.82, 2.24) is 68.6 Å². The normalized spacial score (nSPS) is 27.9. The highest BCUT2D eigenvalue weighted by Crippen LogP contribution is 2.51. The number of likely N-dealkylation sites (tertiary alicyclic amines) is 14. The van der Waals surface area contributed by atoms with Crippen molar-refractivity contribution in [2.75, 3.05) is 183 Å². The molecule has 14 rings (SSSR count). The Morgan fingerprint density at radius 1 is 0.132 bits per heavy atom. The summed E-state index contributed by atoms with van der Waals surface area (Å²) in [4.78, 5) is 37.3. The van der Waals surface area contributed by atoms with Crippen LogP contribution >= 0.6 is 0 Å². The van der Waals surface area contributed by atoms with Gasteiger partial charge in [-0.25, -0.2) is 0 Å². The fraction of sp³-hybridized carbons (Fsp3) is 1.00. The zero-order valence-electron chi connectivity index (χ0n) is 89.8. The van der Waals surface area contributed by atoms with E-state index >= 15 is 0 Å². The highest BCUT2D eigenvalue weighted by atomic mass is 15.4. The highest BCUT2D eigenvalue weighted by molar-refractivity contribution is 5.12. The fourth-order valence-electron chi connectivity index (χ4n) is 23.5. The second-order valence-corrected chi connectivity index (χ2v) is 57.8. The van der Waals surface area contributed by atoms with Crippen molar-refractivity contribution in [3.63, 3.8) is 0 Å². The van der Waals surface area contributed by atoms with E-state index in [4.69, 9.17) is 0 Å². The maximum atomic E-state index is 2.73. The summed E-state index contributed by atoms with van der Waals surface area (Å²) >= 11 is 0. The van der Waals surface area contributed by atoms with E-state index in [2.05, 4.69) is 359 Å². The van der Waals surface area contributed by atoms with Crippen molar-refractivity contribution in [1.29, 1.82) is 0 Å². The Bertz CT molecular complexity index is 3000. The van der Waals surface area contributed by atoms with Gasteiger partial charge in [0.2, 0.25) is 0 Å². The van der Waals surface area contributed by atoms with Crippen LogP contribution in [0.4, 0.5) is 0 Å². The van der Waals surface area contributed by atoms with Crippen LogP contribution in [-0.4, -0.2) is 329 Å². The zero-order chi connectivity index (χ0) is 91.6. The van der Waals surface area contributed by atoms with Gasteiger partial charge >= 0.3 is 0 Å². The van der Waals surface area contributed by atoms with Gasteiger partial charge in [0.1, 0.15) is 0 Å². The van der Waals surface area contributed by atoms with E-state index in [0.717, 1.165) is 11.8 Å². The van der Waals surface area contributed by atoms with Crippen molar-refractivity contribution in [2.24, 2.45) is 44.3 Å². The molecule has 0 N–H and O–H groups in total. The molecule has 0 aromatic carbocycles. The molecule has 0 unspecified atom stereocenters. The summed E-state index contributed by atoms with van der Waals surface area (Å²) in [7, 11) is 0. The van der Waals surface area contributed by atoms with E-state index in [9.17, 15) is 0 Å². The third kappa shape index (κ3) is 29.0. The van der Waals surface area contributed by atoms with Crippen LogP contribution in [0.25, 0.3) is 0 Å². The molecule has 14 saturated heterocycles. The molecule has 0 amide bonds. The first-order valence-corrected chi connectivity index (χ1v) is 50.9. The second-order valence-electron chi connectivity index (χ2n) is 57.8. The minimum absolute atomic E-state index is 0.342. The fourth-order valence-corrected chi connectivity index (χ4v) is 23.5. The smallest absolute Gasteiger partial charge is 0.0213 e. The SMILES string of the molecule is CC(C)(C)N1CC2(C1)CN(C(C)(C)C)C2.CC(C)(C)N1CC2CN(C(C)(C)C)CC2C1.CC(C)(C)N1CCC2(CC1)CCN(C(C)(C)C)C2.CC(C)(C)N1CCC2(CC1)CCN(C(C)(C)C)CC2.CC(C)(C)N1CCC2(CC1)CN(C(C)(C)C)C2.CC(C)(C)N1CCC2(CCCN(C(C)(C)C)C2)CC1.CC(C)(C)N1CCCC2(C1)CN(C(C)(C)C)C2. The first kappa shape index (κ1) is 106. The van der Waals surface area contributed by atoms with E-state index in [1.807, 2.05) is 0 Å². The molecule has 0 atom stereocenters. The molecule has 0 radical (unpaired) electrons. The molecule has 14 aliphatic rings. The number of hydrogen-bond donors (Lipinski definition) is 0. The molecule has 14 aliphatic heterocycles. The van der Waals surface area contributed by atoms with E-state index in [-0.39, 0.29) is 0 Å². The van der Waals surface area contributed by atoms with Gasteiger partial charge in [-0.1, -0.05) is 0 Å². The molecule has 14 nitrogen and oxygen atoms in total. The average Bonchev–Trinajstić information content (AvgIpc) is 1.04. The lowest BCUT2D eigenvalue weighted by molar-refractivity contribution is -0.167. The van der Waals surface area contributed by atoms with Crippen LogP contribution < -0.4 is 0 Å². The lowest BCUT2D eigenvalue weighted by Crippen LogP contribution is -2.76. The van der Waals surface area contributed by atoms with Gasteiger partial charge in [-0.2, -0.15) is 0 Å². The topological polar surface area (TPSA) is 45.4 Å². The quantitative estimate of drug-likeness (QED) is 0.231. The molecule has 14 heterocycles. The van der Waals surface area contributed by atoms with Crippen LogP contribution in [0, 0.1) is 44.3 Å². The van der Waals surface area contributed by atoms with Crippen LogP contribution in [0.3, 0.4) is 0 Å². The lowest BCUT2D eigenvalue weighted by Gasteiger charge is -2.66. The Morgan fingerprint density at radius 3 is 0.496 bits per heavy atom. The van der Waals surface area contributed by atoms with E-state index in [1.54, 1.807) is 0 Å². The summed E-state index contributed by atoms with van der Waals surface area (Å²) < 4.78 is 0. The molecule has 0 aromatic rings. The van der Waals surface area contributed by atoms with Gasteiger partial charge in [0.25, 0.3) is 0 Å². The van der Waals surface area contributed by atoms with Gasteiger partial charge in [0.05, 0.1) is 0 Å². The standard InChI is InChI=1S/2C17H34N2.C16H32N2.2C15H30N2.C14H28N2.C13H26N2/c1-15(2,3)18-11-7-17(8-12-18)9-13-19(14-10-17)16(4,5)6;1-15(2,3)18-12-9-17(10-13-18)8-7-11-19(14-17)16(4,5)6;1-14(2,3)17-10-7-16(8-11-17)9-12-18(13-16)15(4,5)6;1-13(2,3)16-9-7-15(8-10-16)11-17(12-15)14(4,5)6;1-13(2,3)16-9-7-8-15(10-16)11-17(12-15)14(4,5)6;1-13(2,3)15-7-11-9-16(14(4,5)6)10-12(11)8-15;1-11(2,3)14-7-13(8-14)9-15(10-13)12(4,5)6/h2*7-14H2,1-6H3;7-13H2,1-6H3;2*7-12H2,1-6H3;11-12H,7-10H2,1-6H3;7-10H2,1-6H3. The van der Waals surface area contributed by atoms with E-state index in [0.29, 0.717) is 110 Å². The Hall–Kier alpha value is -0.560. The molecule has 6 spiro atoms. The summed E-state index contributed by atoms with van der Waals surface area (Å²) in [6, 6.07) is 0. The van der Waals surface area contributed by atoms with Crippen LogP contribution in [-0.2, 0) is 0 Å². The molecule has 14 heteroatoms. The molecule has 0 saturated carbocycles. The Kier molecular flexibility index (Phi) is 33.1.